The molecule has 0 aliphatic rings. The number of ether oxygens (including phenoxy) is 3. The molecule has 0 saturated carbocycles. The van der Waals surface area contributed by atoms with Crippen LogP contribution in [0.2, 0.25) is 0 Å². The molecule has 0 saturated heterocycles. The monoisotopic (exact) mass is 296 g/mol. The summed E-state index contributed by atoms with van der Waals surface area (Å²) in [5, 5.41) is 0. The molecule has 21 heavy (non-hydrogen) atoms. The van der Waals surface area contributed by atoms with Crippen molar-refractivity contribution in [1.29, 1.82) is 0 Å². The number of amides is 1. The maximum absolute atomic E-state index is 12.7. The Morgan fingerprint density at radius 2 is 1.62 bits per heavy atom. The summed E-state index contributed by atoms with van der Waals surface area (Å²) in [7, 11) is 4.58. The molecule has 6 heteroatoms. The predicted molar refractivity (Wildman–Crippen MR) is 81.3 cm³/mol. The highest BCUT2D eigenvalue weighted by molar-refractivity contribution is 5.98. The molecule has 0 bridgehead atoms. The molecule has 0 aliphatic heterocycles. The normalized spacial score (nSPS) is 10.4. The number of carbonyl (C=O) groups excluding carboxylic acids is 1. The van der Waals surface area contributed by atoms with Gasteiger partial charge in [0, 0.05) is 31.3 Å². The van der Waals surface area contributed by atoms with Crippen molar-refractivity contribution < 1.29 is 19.0 Å². The minimum absolute atomic E-state index is 0.0406. The highest BCUT2D eigenvalue weighted by Crippen LogP contribution is 2.35. The van der Waals surface area contributed by atoms with Crippen molar-refractivity contribution in [2.45, 2.75) is 19.9 Å². The lowest BCUT2D eigenvalue weighted by atomic mass is 10.1. The minimum atomic E-state index is -0.145. The van der Waals surface area contributed by atoms with Crippen LogP contribution in [-0.2, 0) is 0 Å². The van der Waals surface area contributed by atoms with Crippen molar-refractivity contribution in [2.24, 2.45) is 5.73 Å². The molecule has 0 aliphatic carbocycles. The fourth-order valence-electron chi connectivity index (χ4n) is 2.08. The standard InChI is InChI=1S/C15H24N2O4/c1-10(2)17(7-6-16)15(18)11-8-13(20-4)14(21-5)9-12(11)19-3/h8-10H,6-7,16H2,1-5H3. The van der Waals surface area contributed by atoms with E-state index in [9.17, 15) is 4.79 Å². The molecule has 0 fully saturated rings. The Bertz CT molecular complexity index is 489. The van der Waals surface area contributed by atoms with Crippen LogP contribution in [0.15, 0.2) is 12.1 Å². The van der Waals surface area contributed by atoms with Gasteiger partial charge in [-0.05, 0) is 13.8 Å². The van der Waals surface area contributed by atoms with Crippen LogP contribution in [0.3, 0.4) is 0 Å². The maximum Gasteiger partial charge on any atom is 0.258 e. The molecule has 118 valence electrons. The first-order chi connectivity index (χ1) is 9.99. The summed E-state index contributed by atoms with van der Waals surface area (Å²) in [6.07, 6.45) is 0. The number of hydrogen-bond donors (Lipinski definition) is 1. The Morgan fingerprint density at radius 1 is 1.10 bits per heavy atom. The van der Waals surface area contributed by atoms with Gasteiger partial charge in [-0.15, -0.1) is 0 Å². The zero-order valence-electron chi connectivity index (χ0n) is 13.3. The highest BCUT2D eigenvalue weighted by atomic mass is 16.5. The lowest BCUT2D eigenvalue weighted by Crippen LogP contribution is -2.40. The topological polar surface area (TPSA) is 74.0 Å². The van der Waals surface area contributed by atoms with Gasteiger partial charge in [0.25, 0.3) is 5.91 Å². The molecule has 2 N–H and O–H groups in total. The first-order valence-electron chi connectivity index (χ1n) is 6.81. The summed E-state index contributed by atoms with van der Waals surface area (Å²) in [5.74, 6) is 1.30. The number of hydrogen-bond acceptors (Lipinski definition) is 5. The van der Waals surface area contributed by atoms with E-state index in [-0.39, 0.29) is 11.9 Å². The molecule has 0 heterocycles. The summed E-state index contributed by atoms with van der Waals surface area (Å²) < 4.78 is 15.8. The van der Waals surface area contributed by atoms with Crippen LogP contribution in [0.25, 0.3) is 0 Å². The van der Waals surface area contributed by atoms with E-state index in [2.05, 4.69) is 0 Å². The van der Waals surface area contributed by atoms with Crippen molar-refractivity contribution in [2.75, 3.05) is 34.4 Å². The molecule has 6 nitrogen and oxygen atoms in total. The lowest BCUT2D eigenvalue weighted by molar-refractivity contribution is 0.0708. The Hall–Kier alpha value is -1.95. The van der Waals surface area contributed by atoms with Crippen molar-refractivity contribution in [3.8, 4) is 17.2 Å². The smallest absolute Gasteiger partial charge is 0.258 e. The third-order valence-corrected chi connectivity index (χ3v) is 3.19. The molecular formula is C15H24N2O4. The molecule has 1 aromatic carbocycles. The van der Waals surface area contributed by atoms with Crippen molar-refractivity contribution in [3.05, 3.63) is 17.7 Å². The van der Waals surface area contributed by atoms with E-state index in [1.54, 1.807) is 17.0 Å². The van der Waals surface area contributed by atoms with E-state index < -0.39 is 0 Å². The summed E-state index contributed by atoms with van der Waals surface area (Å²) in [6, 6.07) is 3.32. The van der Waals surface area contributed by atoms with Gasteiger partial charge in [0.1, 0.15) is 5.75 Å². The second-order valence-corrected chi connectivity index (χ2v) is 4.79. The highest BCUT2D eigenvalue weighted by Gasteiger charge is 2.23. The van der Waals surface area contributed by atoms with E-state index in [0.717, 1.165) is 0 Å². The average Bonchev–Trinajstić information content (AvgIpc) is 2.50. The number of carbonyl (C=O) groups is 1. The summed E-state index contributed by atoms with van der Waals surface area (Å²) >= 11 is 0. The fraction of sp³-hybridized carbons (Fsp3) is 0.533. The number of nitrogens with zero attached hydrogens (tertiary/aromatic N) is 1. The SMILES string of the molecule is COc1cc(OC)c(C(=O)N(CCN)C(C)C)cc1OC. The van der Waals surface area contributed by atoms with Crippen LogP contribution in [0.5, 0.6) is 17.2 Å². The van der Waals surface area contributed by atoms with Crippen LogP contribution < -0.4 is 19.9 Å². The van der Waals surface area contributed by atoms with Gasteiger partial charge in [-0.2, -0.15) is 0 Å². The van der Waals surface area contributed by atoms with Crippen LogP contribution in [-0.4, -0.2) is 51.3 Å². The number of nitrogens with two attached hydrogens (primary N) is 1. The molecular weight excluding hydrogens is 272 g/mol. The van der Waals surface area contributed by atoms with Gasteiger partial charge in [-0.1, -0.05) is 0 Å². The third kappa shape index (κ3) is 3.78. The van der Waals surface area contributed by atoms with Crippen LogP contribution >= 0.6 is 0 Å². The molecule has 1 amide bonds. The van der Waals surface area contributed by atoms with E-state index in [0.29, 0.717) is 35.9 Å². The number of benzene rings is 1. The zero-order chi connectivity index (χ0) is 16.0. The Labute approximate surface area is 125 Å². The van der Waals surface area contributed by atoms with Gasteiger partial charge in [0.2, 0.25) is 0 Å². The Balaban J connectivity index is 3.29. The van der Waals surface area contributed by atoms with Gasteiger partial charge < -0.3 is 24.8 Å². The Kier molecular flexibility index (Phi) is 6.30. The van der Waals surface area contributed by atoms with Gasteiger partial charge >= 0.3 is 0 Å². The summed E-state index contributed by atoms with van der Waals surface area (Å²) in [5.41, 5.74) is 6.01. The van der Waals surface area contributed by atoms with Gasteiger partial charge in [-0.3, -0.25) is 4.79 Å². The zero-order valence-corrected chi connectivity index (χ0v) is 13.3. The van der Waals surface area contributed by atoms with Crippen molar-refractivity contribution in [1.82, 2.24) is 4.90 Å². The first-order valence-corrected chi connectivity index (χ1v) is 6.81. The summed E-state index contributed by atoms with van der Waals surface area (Å²) in [4.78, 5) is 14.4. The van der Waals surface area contributed by atoms with Crippen LogP contribution in [0.4, 0.5) is 0 Å². The molecule has 0 radical (unpaired) electrons. The second-order valence-electron chi connectivity index (χ2n) is 4.79. The fourth-order valence-corrected chi connectivity index (χ4v) is 2.08. The molecule has 0 unspecified atom stereocenters. The average molecular weight is 296 g/mol. The van der Waals surface area contributed by atoms with Crippen LogP contribution in [0.1, 0.15) is 24.2 Å². The molecule has 0 spiro atoms. The Morgan fingerprint density at radius 3 is 2.05 bits per heavy atom. The van der Waals surface area contributed by atoms with E-state index in [4.69, 9.17) is 19.9 Å². The van der Waals surface area contributed by atoms with Gasteiger partial charge in [-0.25, -0.2) is 0 Å². The largest absolute Gasteiger partial charge is 0.496 e. The minimum Gasteiger partial charge on any atom is -0.496 e. The van der Waals surface area contributed by atoms with Crippen molar-refractivity contribution in [3.63, 3.8) is 0 Å². The second kappa shape index (κ2) is 7.73. The van der Waals surface area contributed by atoms with E-state index in [1.165, 1.54) is 21.3 Å². The number of rotatable bonds is 7. The van der Waals surface area contributed by atoms with E-state index in [1.807, 2.05) is 13.8 Å². The third-order valence-electron chi connectivity index (χ3n) is 3.19. The molecule has 1 aromatic rings. The molecule has 0 atom stereocenters. The van der Waals surface area contributed by atoms with Crippen LogP contribution in [0, 0.1) is 0 Å². The van der Waals surface area contributed by atoms with Gasteiger partial charge in [0.15, 0.2) is 11.5 Å². The van der Waals surface area contributed by atoms with E-state index >= 15 is 0 Å². The first kappa shape index (κ1) is 17.1. The van der Waals surface area contributed by atoms with Gasteiger partial charge in [0.05, 0.1) is 26.9 Å². The maximum atomic E-state index is 12.7. The number of methoxy groups -OCH3 is 3. The predicted octanol–water partition coefficient (Wildman–Crippen LogP) is 1.52. The lowest BCUT2D eigenvalue weighted by Gasteiger charge is -2.27. The molecule has 1 rings (SSSR count). The van der Waals surface area contributed by atoms with Crippen molar-refractivity contribution >= 4 is 5.91 Å². The molecule has 0 aromatic heterocycles. The quantitative estimate of drug-likeness (QED) is 0.826. The summed E-state index contributed by atoms with van der Waals surface area (Å²) in [6.45, 7) is 4.77.